The summed E-state index contributed by atoms with van der Waals surface area (Å²) in [4.78, 5) is 13.7. The van der Waals surface area contributed by atoms with Gasteiger partial charge in [0.2, 0.25) is 0 Å². The van der Waals surface area contributed by atoms with Crippen LogP contribution in [0, 0.1) is 11.2 Å². The lowest BCUT2D eigenvalue weighted by Crippen LogP contribution is -2.39. The average Bonchev–Trinajstić information content (AvgIpc) is 2.56. The number of nitrogens with one attached hydrogen (secondary N) is 1. The van der Waals surface area contributed by atoms with Crippen molar-refractivity contribution in [2.24, 2.45) is 5.41 Å². The minimum atomic E-state index is -0.674. The van der Waals surface area contributed by atoms with Crippen molar-refractivity contribution < 1.29 is 19.1 Å². The van der Waals surface area contributed by atoms with Gasteiger partial charge in [-0.1, -0.05) is 13.3 Å². The van der Waals surface area contributed by atoms with Crippen LogP contribution in [0.3, 0.4) is 0 Å². The van der Waals surface area contributed by atoms with Crippen molar-refractivity contribution in [1.29, 1.82) is 0 Å². The molecule has 24 heavy (non-hydrogen) atoms. The number of carbonyl (C=O) groups is 1. The number of nitrogens with zero attached hydrogens (tertiary/aromatic N) is 1. The second kappa shape index (κ2) is 7.17. The maximum atomic E-state index is 14.3. The van der Waals surface area contributed by atoms with Crippen LogP contribution in [-0.2, 0) is 17.7 Å². The number of halogens is 1. The molecule has 5 nitrogen and oxygen atoms in total. The van der Waals surface area contributed by atoms with Gasteiger partial charge in [-0.15, -0.1) is 0 Å². The van der Waals surface area contributed by atoms with Crippen molar-refractivity contribution in [2.75, 3.05) is 26.3 Å². The van der Waals surface area contributed by atoms with Crippen molar-refractivity contribution in [1.82, 2.24) is 10.4 Å². The zero-order valence-electron chi connectivity index (χ0n) is 14.1. The number of unbranched alkanes of at least 4 members (excludes halogenated alkanes) is 1. The zero-order valence-corrected chi connectivity index (χ0v) is 14.1. The van der Waals surface area contributed by atoms with Crippen molar-refractivity contribution in [3.63, 3.8) is 0 Å². The fourth-order valence-corrected chi connectivity index (χ4v) is 3.54. The van der Waals surface area contributed by atoms with E-state index in [-0.39, 0.29) is 11.4 Å². The Balaban J connectivity index is 1.53. The number of amides is 1. The van der Waals surface area contributed by atoms with E-state index >= 15 is 0 Å². The molecule has 2 aliphatic heterocycles. The molecule has 0 saturated carbocycles. The fourth-order valence-electron chi connectivity index (χ4n) is 3.54. The standard InChI is InChI=1S/C18H25FN2O3/c1-18(11-24-12-18)5-2-3-6-21-7-4-13-8-14(17(22)20-23)9-16(19)15(13)10-21/h8-9,23H,2-7,10-12H2,1H3,(H,20,22). The van der Waals surface area contributed by atoms with Gasteiger partial charge < -0.3 is 4.74 Å². The Morgan fingerprint density at radius 3 is 2.88 bits per heavy atom. The Morgan fingerprint density at radius 1 is 1.42 bits per heavy atom. The maximum Gasteiger partial charge on any atom is 0.274 e. The fraction of sp³-hybridized carbons (Fsp3) is 0.611. The molecule has 0 spiro atoms. The predicted molar refractivity (Wildman–Crippen MR) is 87.4 cm³/mol. The van der Waals surface area contributed by atoms with Crippen LogP contribution in [0.2, 0.25) is 0 Å². The van der Waals surface area contributed by atoms with Crippen molar-refractivity contribution >= 4 is 5.91 Å². The van der Waals surface area contributed by atoms with E-state index < -0.39 is 5.91 Å². The predicted octanol–water partition coefficient (Wildman–Crippen LogP) is 2.51. The number of carbonyl (C=O) groups excluding carboxylic acids is 1. The highest BCUT2D eigenvalue weighted by molar-refractivity contribution is 5.93. The van der Waals surface area contributed by atoms with E-state index in [9.17, 15) is 9.18 Å². The van der Waals surface area contributed by atoms with Gasteiger partial charge in [0, 0.05) is 29.6 Å². The molecule has 2 heterocycles. The van der Waals surface area contributed by atoms with E-state index in [2.05, 4.69) is 11.8 Å². The largest absolute Gasteiger partial charge is 0.380 e. The van der Waals surface area contributed by atoms with E-state index in [1.54, 1.807) is 11.5 Å². The molecule has 3 rings (SSSR count). The zero-order chi connectivity index (χ0) is 17.2. The summed E-state index contributed by atoms with van der Waals surface area (Å²) in [5.41, 5.74) is 3.63. The number of rotatable bonds is 6. The highest BCUT2D eigenvalue weighted by Crippen LogP contribution is 2.32. The minimum Gasteiger partial charge on any atom is -0.380 e. The molecule has 0 radical (unpaired) electrons. The highest BCUT2D eigenvalue weighted by Gasteiger charge is 2.32. The van der Waals surface area contributed by atoms with Gasteiger partial charge in [0.25, 0.3) is 5.91 Å². The molecule has 6 heteroatoms. The first-order chi connectivity index (χ1) is 11.5. The lowest BCUT2D eigenvalue weighted by Gasteiger charge is -2.38. The molecule has 0 unspecified atom stereocenters. The van der Waals surface area contributed by atoms with E-state index in [4.69, 9.17) is 9.94 Å². The number of hydrogen-bond acceptors (Lipinski definition) is 4. The first-order valence-electron chi connectivity index (χ1n) is 8.57. The van der Waals surface area contributed by atoms with Gasteiger partial charge in [-0.25, -0.2) is 9.87 Å². The second-order valence-corrected chi connectivity index (χ2v) is 7.32. The third kappa shape index (κ3) is 3.77. The van der Waals surface area contributed by atoms with E-state index in [1.807, 2.05) is 0 Å². The van der Waals surface area contributed by atoms with E-state index in [0.717, 1.165) is 44.7 Å². The number of benzene rings is 1. The summed E-state index contributed by atoms with van der Waals surface area (Å²) in [5.74, 6) is -1.04. The molecule has 0 aliphatic carbocycles. The van der Waals surface area contributed by atoms with Crippen LogP contribution < -0.4 is 5.48 Å². The van der Waals surface area contributed by atoms with E-state index in [0.29, 0.717) is 17.5 Å². The Labute approximate surface area is 141 Å². The van der Waals surface area contributed by atoms with Gasteiger partial charge in [-0.2, -0.15) is 0 Å². The third-order valence-corrected chi connectivity index (χ3v) is 5.14. The maximum absolute atomic E-state index is 14.3. The quantitative estimate of drug-likeness (QED) is 0.476. The van der Waals surface area contributed by atoms with Crippen molar-refractivity contribution in [2.45, 2.75) is 39.2 Å². The molecule has 1 saturated heterocycles. The van der Waals surface area contributed by atoms with Crippen molar-refractivity contribution in [3.8, 4) is 0 Å². The lowest BCUT2D eigenvalue weighted by atomic mass is 9.83. The van der Waals surface area contributed by atoms with Crippen LogP contribution in [0.25, 0.3) is 0 Å². The van der Waals surface area contributed by atoms with Gasteiger partial charge in [0.15, 0.2) is 0 Å². The third-order valence-electron chi connectivity index (χ3n) is 5.14. The van der Waals surface area contributed by atoms with Crippen LogP contribution in [-0.4, -0.2) is 42.3 Å². The Hall–Kier alpha value is -1.50. The van der Waals surface area contributed by atoms with Gasteiger partial charge in [-0.05, 0) is 43.5 Å². The number of hydrogen-bond donors (Lipinski definition) is 2. The molecule has 0 bridgehead atoms. The van der Waals surface area contributed by atoms with Crippen LogP contribution >= 0.6 is 0 Å². The van der Waals surface area contributed by atoms with Gasteiger partial charge >= 0.3 is 0 Å². The Kier molecular flexibility index (Phi) is 5.18. The molecule has 1 fully saturated rings. The molecular formula is C18H25FN2O3. The SMILES string of the molecule is CC1(CCCCN2CCc3cc(C(=O)NO)cc(F)c3C2)COC1. The first kappa shape index (κ1) is 17.3. The topological polar surface area (TPSA) is 61.8 Å². The summed E-state index contributed by atoms with van der Waals surface area (Å²) in [5, 5.41) is 8.69. The van der Waals surface area contributed by atoms with E-state index in [1.165, 1.54) is 18.9 Å². The smallest absolute Gasteiger partial charge is 0.274 e. The molecule has 1 amide bonds. The van der Waals surface area contributed by atoms with Gasteiger partial charge in [-0.3, -0.25) is 14.9 Å². The number of fused-ring (bicyclic) bond motifs is 1. The Bertz CT molecular complexity index is 617. The monoisotopic (exact) mass is 336 g/mol. The van der Waals surface area contributed by atoms with Crippen LogP contribution in [0.15, 0.2) is 12.1 Å². The minimum absolute atomic E-state index is 0.165. The molecule has 2 aliphatic rings. The second-order valence-electron chi connectivity index (χ2n) is 7.32. The Morgan fingerprint density at radius 2 is 2.21 bits per heavy atom. The lowest BCUT2D eigenvalue weighted by molar-refractivity contribution is -0.106. The molecule has 1 aromatic carbocycles. The van der Waals surface area contributed by atoms with Crippen LogP contribution in [0.4, 0.5) is 4.39 Å². The first-order valence-corrected chi connectivity index (χ1v) is 8.57. The molecular weight excluding hydrogens is 311 g/mol. The summed E-state index contributed by atoms with van der Waals surface area (Å²) in [6.07, 6.45) is 4.19. The number of ether oxygens (including phenoxy) is 1. The normalized spacial score (nSPS) is 19.5. The summed E-state index contributed by atoms with van der Waals surface area (Å²) in [6, 6.07) is 2.88. The average molecular weight is 336 g/mol. The molecule has 1 aromatic rings. The summed E-state index contributed by atoms with van der Waals surface area (Å²) < 4.78 is 19.6. The highest BCUT2D eigenvalue weighted by atomic mass is 19.1. The van der Waals surface area contributed by atoms with Crippen LogP contribution in [0.5, 0.6) is 0 Å². The number of hydroxylamine groups is 1. The molecule has 2 N–H and O–H groups in total. The summed E-state index contributed by atoms with van der Waals surface area (Å²) in [6.45, 7) is 6.44. The van der Waals surface area contributed by atoms with Gasteiger partial charge in [0.1, 0.15) is 5.82 Å². The molecule has 132 valence electrons. The van der Waals surface area contributed by atoms with Gasteiger partial charge in [0.05, 0.1) is 13.2 Å². The molecule has 0 atom stereocenters. The van der Waals surface area contributed by atoms with Crippen LogP contribution in [0.1, 0.15) is 47.7 Å². The summed E-state index contributed by atoms with van der Waals surface area (Å²) >= 11 is 0. The molecule has 0 aromatic heterocycles. The van der Waals surface area contributed by atoms with Crippen molar-refractivity contribution in [3.05, 3.63) is 34.6 Å². The summed E-state index contributed by atoms with van der Waals surface area (Å²) in [7, 11) is 0.